The molecule has 46 heavy (non-hydrogen) atoms. The van der Waals surface area contributed by atoms with Crippen molar-refractivity contribution in [1.82, 2.24) is 9.80 Å². The first-order valence-electron chi connectivity index (χ1n) is 17.0. The van der Waals surface area contributed by atoms with Crippen LogP contribution < -0.4 is 0 Å². The molecule has 0 aliphatic carbocycles. The normalized spacial score (nSPS) is 20.5. The number of hydrogen-bond acceptors (Lipinski definition) is 2. The van der Waals surface area contributed by atoms with Crippen molar-refractivity contribution in [3.8, 4) is 11.1 Å². The van der Waals surface area contributed by atoms with E-state index in [0.29, 0.717) is 0 Å². The van der Waals surface area contributed by atoms with Gasteiger partial charge < -0.3 is 0 Å². The first kappa shape index (κ1) is 32.2. The van der Waals surface area contributed by atoms with E-state index in [1.807, 2.05) is 0 Å². The molecule has 2 aliphatic rings. The first-order chi connectivity index (χ1) is 21.7. The molecule has 4 aromatic carbocycles. The van der Waals surface area contributed by atoms with E-state index in [0.717, 1.165) is 25.9 Å². The first-order valence-corrected chi connectivity index (χ1v) is 17.0. The van der Waals surface area contributed by atoms with Crippen molar-refractivity contribution in [2.45, 2.75) is 103 Å². The molecule has 6 rings (SSSR count). The molecule has 0 bridgehead atoms. The van der Waals surface area contributed by atoms with Crippen molar-refractivity contribution >= 4 is 11.1 Å². The predicted molar refractivity (Wildman–Crippen MR) is 197 cm³/mol. The van der Waals surface area contributed by atoms with Crippen molar-refractivity contribution in [1.29, 1.82) is 0 Å². The van der Waals surface area contributed by atoms with Gasteiger partial charge in [0.25, 0.3) is 0 Å². The van der Waals surface area contributed by atoms with Gasteiger partial charge in [0, 0.05) is 35.2 Å². The molecule has 2 aliphatic heterocycles. The minimum atomic E-state index is -0.0447. The lowest BCUT2D eigenvalue weighted by Gasteiger charge is -2.52. The third-order valence-corrected chi connectivity index (χ3v) is 10.4. The summed E-state index contributed by atoms with van der Waals surface area (Å²) in [6.45, 7) is 20.9. The molecule has 2 nitrogen and oxygen atoms in total. The Morgan fingerprint density at radius 2 is 0.717 bits per heavy atom. The highest BCUT2D eigenvalue weighted by Gasteiger charge is 2.42. The number of nitrogens with zero attached hydrogens (tertiary/aromatic N) is 2. The Labute approximate surface area is 278 Å². The molecule has 0 spiro atoms. The maximum atomic E-state index is 2.65. The Kier molecular flexibility index (Phi) is 8.51. The smallest absolute Gasteiger partial charge is 0.0349 e. The SMILES string of the molecule is CC1(C)C=C(c2ccc(-c3ccc(C4=CC(C)(C)N(Cc5ccccc5)C(C)(C)C4)cc3)cc2)CC(C)(C)N1Cc1ccccc1. The van der Waals surface area contributed by atoms with Gasteiger partial charge in [0.15, 0.2) is 0 Å². The van der Waals surface area contributed by atoms with Crippen LogP contribution >= 0.6 is 0 Å². The van der Waals surface area contributed by atoms with E-state index >= 15 is 0 Å². The highest BCUT2D eigenvalue weighted by Crippen LogP contribution is 2.44. The van der Waals surface area contributed by atoms with E-state index in [2.05, 4.69) is 187 Å². The molecule has 0 unspecified atom stereocenters. The van der Waals surface area contributed by atoms with Crippen LogP contribution in [0.5, 0.6) is 0 Å². The number of hydrogen-bond donors (Lipinski definition) is 0. The summed E-state index contributed by atoms with van der Waals surface area (Å²) in [7, 11) is 0. The zero-order valence-corrected chi connectivity index (χ0v) is 29.3. The molecule has 0 radical (unpaired) electrons. The zero-order valence-electron chi connectivity index (χ0n) is 29.3. The van der Waals surface area contributed by atoms with Crippen molar-refractivity contribution in [2.75, 3.05) is 0 Å². The molecule has 0 saturated heterocycles. The van der Waals surface area contributed by atoms with Crippen molar-refractivity contribution in [2.24, 2.45) is 0 Å². The average molecular weight is 609 g/mol. The van der Waals surface area contributed by atoms with Gasteiger partial charge in [0.2, 0.25) is 0 Å². The summed E-state index contributed by atoms with van der Waals surface area (Å²) < 4.78 is 0. The number of benzene rings is 4. The summed E-state index contributed by atoms with van der Waals surface area (Å²) >= 11 is 0. The van der Waals surface area contributed by atoms with E-state index in [1.54, 1.807) is 0 Å². The molecule has 0 amide bonds. The van der Waals surface area contributed by atoms with E-state index in [-0.39, 0.29) is 22.2 Å². The van der Waals surface area contributed by atoms with Crippen molar-refractivity contribution in [3.05, 3.63) is 144 Å². The van der Waals surface area contributed by atoms with Gasteiger partial charge in [-0.3, -0.25) is 9.80 Å². The third-order valence-electron chi connectivity index (χ3n) is 10.4. The highest BCUT2D eigenvalue weighted by atomic mass is 15.3. The lowest BCUT2D eigenvalue weighted by molar-refractivity contribution is 0.0297. The molecule has 0 saturated carbocycles. The van der Waals surface area contributed by atoms with Crippen molar-refractivity contribution in [3.63, 3.8) is 0 Å². The average Bonchev–Trinajstić information content (AvgIpc) is 3.01. The van der Waals surface area contributed by atoms with Crippen LogP contribution in [-0.2, 0) is 13.1 Å². The molecule has 0 N–H and O–H groups in total. The predicted octanol–water partition coefficient (Wildman–Crippen LogP) is 11.0. The fourth-order valence-electron chi connectivity index (χ4n) is 8.29. The van der Waals surface area contributed by atoms with E-state index in [9.17, 15) is 0 Å². The monoisotopic (exact) mass is 608 g/mol. The Morgan fingerprint density at radius 3 is 1.02 bits per heavy atom. The van der Waals surface area contributed by atoms with Crippen LogP contribution in [0.2, 0.25) is 0 Å². The second kappa shape index (κ2) is 12.1. The quantitative estimate of drug-likeness (QED) is 0.206. The second-order valence-corrected chi connectivity index (χ2v) is 15.9. The Hall–Kier alpha value is -3.72. The molecule has 238 valence electrons. The van der Waals surface area contributed by atoms with Gasteiger partial charge in [0.1, 0.15) is 0 Å². The van der Waals surface area contributed by atoms with Crippen LogP contribution in [0.25, 0.3) is 22.3 Å². The topological polar surface area (TPSA) is 6.48 Å². The van der Waals surface area contributed by atoms with Crippen LogP contribution in [-0.4, -0.2) is 32.0 Å². The van der Waals surface area contributed by atoms with Gasteiger partial charge in [-0.05, 0) is 113 Å². The summed E-state index contributed by atoms with van der Waals surface area (Å²) in [4.78, 5) is 5.30. The molecule has 0 fully saturated rings. The summed E-state index contributed by atoms with van der Waals surface area (Å²) in [5.41, 5.74) is 10.8. The van der Waals surface area contributed by atoms with E-state index in [4.69, 9.17) is 0 Å². The molecule has 2 heterocycles. The molecular weight excluding hydrogens is 556 g/mol. The van der Waals surface area contributed by atoms with Crippen LogP contribution in [0.1, 0.15) is 90.5 Å². The van der Waals surface area contributed by atoms with Crippen LogP contribution in [0.4, 0.5) is 0 Å². The molecule has 0 atom stereocenters. The third kappa shape index (κ3) is 6.70. The fraction of sp³-hybridized carbons (Fsp3) is 0.364. The standard InChI is InChI=1S/C44H52N2/c1-41(2)27-39(28-42(3,4)45(41)31-33-15-11-9-12-16-33)37-23-19-35(20-24-37)36-21-25-38(26-22-36)40-29-43(5,6)46(44(7,8)30-40)32-34-17-13-10-14-18-34/h9-27,29H,28,30-32H2,1-8H3. The molecule has 2 heteroatoms. The Morgan fingerprint density at radius 1 is 0.413 bits per heavy atom. The van der Waals surface area contributed by atoms with Gasteiger partial charge in [0.05, 0.1) is 0 Å². The van der Waals surface area contributed by atoms with Gasteiger partial charge in [-0.1, -0.05) is 121 Å². The highest BCUT2D eigenvalue weighted by molar-refractivity contribution is 5.75. The summed E-state index contributed by atoms with van der Waals surface area (Å²) in [6.07, 6.45) is 7.05. The largest absolute Gasteiger partial charge is 0.285 e. The molecule has 0 aromatic heterocycles. The van der Waals surface area contributed by atoms with Crippen LogP contribution in [0.3, 0.4) is 0 Å². The Balaban J connectivity index is 1.19. The second-order valence-electron chi connectivity index (χ2n) is 15.9. The summed E-state index contributed by atoms with van der Waals surface area (Å²) in [5, 5.41) is 0. The van der Waals surface area contributed by atoms with Gasteiger partial charge in [-0.2, -0.15) is 0 Å². The van der Waals surface area contributed by atoms with E-state index in [1.165, 1.54) is 44.5 Å². The number of rotatable bonds is 7. The maximum absolute atomic E-state index is 2.65. The Bertz CT molecular complexity index is 1570. The van der Waals surface area contributed by atoms with Crippen LogP contribution in [0, 0.1) is 0 Å². The van der Waals surface area contributed by atoms with Gasteiger partial charge in [-0.25, -0.2) is 0 Å². The van der Waals surface area contributed by atoms with E-state index < -0.39 is 0 Å². The molecule has 4 aromatic rings. The van der Waals surface area contributed by atoms with Gasteiger partial charge in [-0.15, -0.1) is 0 Å². The maximum Gasteiger partial charge on any atom is 0.0349 e. The fourth-order valence-corrected chi connectivity index (χ4v) is 8.29. The van der Waals surface area contributed by atoms with Gasteiger partial charge >= 0.3 is 0 Å². The lowest BCUT2D eigenvalue weighted by Crippen LogP contribution is -2.56. The zero-order chi connectivity index (χ0) is 32.7. The minimum absolute atomic E-state index is 0.0447. The van der Waals surface area contributed by atoms with Crippen molar-refractivity contribution < 1.29 is 0 Å². The molecular formula is C44H52N2. The lowest BCUT2D eigenvalue weighted by atomic mass is 9.78. The summed E-state index contributed by atoms with van der Waals surface area (Å²) in [5.74, 6) is 0. The van der Waals surface area contributed by atoms with Crippen LogP contribution in [0.15, 0.2) is 121 Å². The minimum Gasteiger partial charge on any atom is -0.285 e. The summed E-state index contributed by atoms with van der Waals surface area (Å²) in [6, 6.07) is 40.2.